The van der Waals surface area contributed by atoms with Gasteiger partial charge < -0.3 is 10.1 Å². The van der Waals surface area contributed by atoms with E-state index in [1.54, 1.807) is 7.11 Å². The maximum Gasteiger partial charge on any atom is 0.137 e. The van der Waals surface area contributed by atoms with Crippen LogP contribution >= 0.6 is 11.6 Å². The van der Waals surface area contributed by atoms with Crippen LogP contribution in [-0.4, -0.2) is 13.7 Å². The molecule has 0 saturated carbocycles. The van der Waals surface area contributed by atoms with Gasteiger partial charge in [0.05, 0.1) is 12.1 Å². The second-order valence-electron chi connectivity index (χ2n) is 5.20. The first kappa shape index (κ1) is 15.9. The van der Waals surface area contributed by atoms with Crippen LogP contribution in [-0.2, 0) is 6.42 Å². The van der Waals surface area contributed by atoms with E-state index in [0.717, 1.165) is 13.0 Å². The average Bonchev–Trinajstić information content (AvgIpc) is 2.47. The number of rotatable bonds is 6. The Bertz CT molecular complexity index is 598. The van der Waals surface area contributed by atoms with Gasteiger partial charge in [0.25, 0.3) is 0 Å². The minimum atomic E-state index is 0.250. The molecule has 112 valence electrons. The van der Waals surface area contributed by atoms with E-state index in [-0.39, 0.29) is 6.04 Å². The van der Waals surface area contributed by atoms with Gasteiger partial charge in [0.15, 0.2) is 0 Å². The third-order valence-electron chi connectivity index (χ3n) is 3.55. The zero-order valence-corrected chi connectivity index (χ0v) is 13.6. The monoisotopic (exact) mass is 303 g/mol. The molecule has 0 aliphatic rings. The molecule has 1 unspecified atom stereocenters. The summed E-state index contributed by atoms with van der Waals surface area (Å²) in [4.78, 5) is 0. The molecule has 0 amide bonds. The molecule has 2 nitrogen and oxygen atoms in total. The number of aryl methyl sites for hydroxylation is 1. The van der Waals surface area contributed by atoms with Crippen LogP contribution in [0, 0.1) is 6.92 Å². The molecule has 1 atom stereocenters. The second-order valence-corrected chi connectivity index (χ2v) is 5.60. The fourth-order valence-electron chi connectivity index (χ4n) is 2.53. The second kappa shape index (κ2) is 7.48. The number of likely N-dealkylation sites (N-methyl/N-ethyl adjacent to an activating group) is 1. The highest BCUT2D eigenvalue weighted by atomic mass is 35.5. The number of benzene rings is 2. The molecule has 0 fully saturated rings. The van der Waals surface area contributed by atoms with Gasteiger partial charge in [-0.2, -0.15) is 0 Å². The molecule has 0 saturated heterocycles. The Morgan fingerprint density at radius 3 is 2.62 bits per heavy atom. The number of hydrogen-bond donors (Lipinski definition) is 1. The van der Waals surface area contributed by atoms with Crippen LogP contribution in [0.4, 0.5) is 0 Å². The summed E-state index contributed by atoms with van der Waals surface area (Å²) >= 11 is 6.25. The van der Waals surface area contributed by atoms with Crippen LogP contribution in [0.15, 0.2) is 42.5 Å². The first-order valence-corrected chi connectivity index (χ1v) is 7.64. The van der Waals surface area contributed by atoms with Crippen molar-refractivity contribution in [1.82, 2.24) is 5.32 Å². The first-order valence-electron chi connectivity index (χ1n) is 7.26. The molecular formula is C18H22ClNO. The standard InChI is InChI=1S/C18H22ClNO/c1-4-20-17(11-14-7-5-6-13(2)10-14)15-8-9-18(21-3)16(19)12-15/h5-10,12,17,20H,4,11H2,1-3H3. The predicted octanol–water partition coefficient (Wildman–Crippen LogP) is 4.55. The zero-order chi connectivity index (χ0) is 15.2. The lowest BCUT2D eigenvalue weighted by atomic mass is 9.97. The van der Waals surface area contributed by atoms with Crippen molar-refractivity contribution in [3.8, 4) is 5.75 Å². The molecule has 0 radical (unpaired) electrons. The fourth-order valence-corrected chi connectivity index (χ4v) is 2.79. The molecule has 0 heterocycles. The summed E-state index contributed by atoms with van der Waals surface area (Å²) in [6, 6.07) is 14.9. The molecule has 0 aliphatic heterocycles. The smallest absolute Gasteiger partial charge is 0.137 e. The van der Waals surface area contributed by atoms with Crippen molar-refractivity contribution < 1.29 is 4.74 Å². The zero-order valence-electron chi connectivity index (χ0n) is 12.8. The topological polar surface area (TPSA) is 21.3 Å². The summed E-state index contributed by atoms with van der Waals surface area (Å²) in [7, 11) is 1.63. The normalized spacial score (nSPS) is 12.2. The van der Waals surface area contributed by atoms with Crippen LogP contribution in [0.3, 0.4) is 0 Å². The largest absolute Gasteiger partial charge is 0.495 e. The van der Waals surface area contributed by atoms with Gasteiger partial charge in [-0.15, -0.1) is 0 Å². The summed E-state index contributed by atoms with van der Waals surface area (Å²) in [5.74, 6) is 0.714. The highest BCUT2D eigenvalue weighted by molar-refractivity contribution is 6.32. The van der Waals surface area contributed by atoms with Crippen LogP contribution in [0.2, 0.25) is 5.02 Å². The highest BCUT2D eigenvalue weighted by Gasteiger charge is 2.13. The quantitative estimate of drug-likeness (QED) is 0.845. The number of halogens is 1. The van der Waals surface area contributed by atoms with E-state index in [9.17, 15) is 0 Å². The van der Waals surface area contributed by atoms with Crippen LogP contribution < -0.4 is 10.1 Å². The number of nitrogens with one attached hydrogen (secondary N) is 1. The highest BCUT2D eigenvalue weighted by Crippen LogP contribution is 2.29. The summed E-state index contributed by atoms with van der Waals surface area (Å²) in [5, 5.41) is 4.19. The molecule has 0 spiro atoms. The van der Waals surface area contributed by atoms with Crippen molar-refractivity contribution in [2.24, 2.45) is 0 Å². The lowest BCUT2D eigenvalue weighted by Gasteiger charge is -2.19. The Morgan fingerprint density at radius 2 is 2.00 bits per heavy atom. The number of methoxy groups -OCH3 is 1. The van der Waals surface area contributed by atoms with Gasteiger partial charge in [-0.1, -0.05) is 54.4 Å². The molecule has 1 N–H and O–H groups in total. The Hall–Kier alpha value is -1.51. The third kappa shape index (κ3) is 4.23. The first-order chi connectivity index (χ1) is 10.1. The van der Waals surface area contributed by atoms with Crippen molar-refractivity contribution in [1.29, 1.82) is 0 Å². The van der Waals surface area contributed by atoms with E-state index >= 15 is 0 Å². The molecule has 21 heavy (non-hydrogen) atoms. The Kier molecular flexibility index (Phi) is 5.66. The average molecular weight is 304 g/mol. The van der Waals surface area contributed by atoms with Crippen LogP contribution in [0.1, 0.15) is 29.7 Å². The summed E-state index contributed by atoms with van der Waals surface area (Å²) in [6.07, 6.45) is 0.943. The molecule has 0 aliphatic carbocycles. The molecule has 0 aromatic heterocycles. The molecular weight excluding hydrogens is 282 g/mol. The SMILES string of the molecule is CCNC(Cc1cccc(C)c1)c1ccc(OC)c(Cl)c1. The number of hydrogen-bond acceptors (Lipinski definition) is 2. The van der Waals surface area contributed by atoms with E-state index in [1.165, 1.54) is 16.7 Å². The number of ether oxygens (including phenoxy) is 1. The van der Waals surface area contributed by atoms with Crippen molar-refractivity contribution in [2.75, 3.05) is 13.7 Å². The van der Waals surface area contributed by atoms with Crippen molar-refractivity contribution in [2.45, 2.75) is 26.3 Å². The summed E-state index contributed by atoms with van der Waals surface area (Å²) in [5.41, 5.74) is 3.80. The van der Waals surface area contributed by atoms with Gasteiger partial charge in [0.1, 0.15) is 5.75 Å². The van der Waals surface area contributed by atoms with E-state index in [0.29, 0.717) is 10.8 Å². The summed E-state index contributed by atoms with van der Waals surface area (Å²) in [6.45, 7) is 5.16. The van der Waals surface area contributed by atoms with E-state index in [2.05, 4.69) is 49.5 Å². The van der Waals surface area contributed by atoms with Crippen molar-refractivity contribution in [3.63, 3.8) is 0 Å². The maximum absolute atomic E-state index is 6.25. The van der Waals surface area contributed by atoms with Crippen molar-refractivity contribution >= 4 is 11.6 Å². The van der Waals surface area contributed by atoms with Crippen LogP contribution in [0.25, 0.3) is 0 Å². The fraction of sp³-hybridized carbons (Fsp3) is 0.333. The third-order valence-corrected chi connectivity index (χ3v) is 3.85. The molecule has 2 aromatic carbocycles. The molecule has 0 bridgehead atoms. The van der Waals surface area contributed by atoms with Crippen molar-refractivity contribution in [3.05, 3.63) is 64.2 Å². The Labute approximate surface area is 132 Å². The van der Waals surface area contributed by atoms with Gasteiger partial charge in [-0.25, -0.2) is 0 Å². The minimum absolute atomic E-state index is 0.250. The van der Waals surface area contributed by atoms with Gasteiger partial charge in [-0.05, 0) is 43.1 Å². The van der Waals surface area contributed by atoms with Gasteiger partial charge in [0, 0.05) is 6.04 Å². The van der Waals surface area contributed by atoms with Gasteiger partial charge >= 0.3 is 0 Å². The maximum atomic E-state index is 6.25. The lowest BCUT2D eigenvalue weighted by molar-refractivity contribution is 0.414. The Morgan fingerprint density at radius 1 is 1.19 bits per heavy atom. The van der Waals surface area contributed by atoms with E-state index in [1.807, 2.05) is 12.1 Å². The molecule has 2 aromatic rings. The molecule has 2 rings (SSSR count). The molecule has 3 heteroatoms. The minimum Gasteiger partial charge on any atom is -0.495 e. The van der Waals surface area contributed by atoms with Gasteiger partial charge in [-0.3, -0.25) is 0 Å². The van der Waals surface area contributed by atoms with Crippen LogP contribution in [0.5, 0.6) is 5.75 Å². The van der Waals surface area contributed by atoms with Gasteiger partial charge in [0.2, 0.25) is 0 Å². The van der Waals surface area contributed by atoms with E-state index in [4.69, 9.17) is 16.3 Å². The van der Waals surface area contributed by atoms with E-state index < -0.39 is 0 Å². The summed E-state index contributed by atoms with van der Waals surface area (Å²) < 4.78 is 5.22. The predicted molar refractivity (Wildman–Crippen MR) is 89.3 cm³/mol. The Balaban J connectivity index is 2.24. The lowest BCUT2D eigenvalue weighted by Crippen LogP contribution is -2.23.